The lowest BCUT2D eigenvalue weighted by Crippen LogP contribution is -1.89. The van der Waals surface area contributed by atoms with Crippen molar-refractivity contribution in [2.24, 2.45) is 0 Å². The number of hydrogen-bond acceptors (Lipinski definition) is 1. The molecule has 1 rings (SSSR count). The minimum Gasteiger partial charge on any atom is -0.281 e. The molecule has 0 saturated heterocycles. The highest BCUT2D eigenvalue weighted by Crippen LogP contribution is 2.11. The number of aryl methyl sites for hydroxylation is 2. The minimum absolute atomic E-state index is 0.0516. The molecule has 1 aromatic rings. The number of halogens is 1. The van der Waals surface area contributed by atoms with Crippen LogP contribution in [0.4, 0.5) is 0 Å². The summed E-state index contributed by atoms with van der Waals surface area (Å²) in [4.78, 5) is 10.9. The fraction of sp³-hybridized carbons (Fsp3) is 0.222. The molecule has 0 saturated carbocycles. The van der Waals surface area contributed by atoms with E-state index in [-0.39, 0.29) is 4.69 Å². The van der Waals surface area contributed by atoms with Gasteiger partial charge in [0.15, 0.2) is 0 Å². The molecule has 0 fully saturated rings. The highest BCUT2D eigenvalue weighted by molar-refractivity contribution is 9.18. The van der Waals surface area contributed by atoms with E-state index >= 15 is 0 Å². The molecule has 0 aliphatic carbocycles. The van der Waals surface area contributed by atoms with Gasteiger partial charge < -0.3 is 0 Å². The Morgan fingerprint density at radius 2 is 1.64 bits per heavy atom. The molecule has 0 atom stereocenters. The maximum atomic E-state index is 10.9. The summed E-state index contributed by atoms with van der Waals surface area (Å²) in [7, 11) is 0. The summed E-state index contributed by atoms with van der Waals surface area (Å²) in [5, 5.41) is 0. The second kappa shape index (κ2) is 3.18. The summed E-state index contributed by atoms with van der Waals surface area (Å²) in [5.41, 5.74) is 2.96. The summed E-state index contributed by atoms with van der Waals surface area (Å²) in [6, 6.07) is 5.77. The van der Waals surface area contributed by atoms with E-state index < -0.39 is 0 Å². The van der Waals surface area contributed by atoms with E-state index in [0.29, 0.717) is 0 Å². The summed E-state index contributed by atoms with van der Waals surface area (Å²) < 4.78 is -0.0516. The third-order valence-corrected chi connectivity index (χ3v) is 1.91. The maximum Gasteiger partial charge on any atom is 0.228 e. The van der Waals surface area contributed by atoms with Gasteiger partial charge in [-0.2, -0.15) is 0 Å². The largest absolute Gasteiger partial charge is 0.281 e. The number of carbonyl (C=O) groups is 1. The van der Waals surface area contributed by atoms with Crippen LogP contribution in [-0.2, 0) is 0 Å². The van der Waals surface area contributed by atoms with Crippen molar-refractivity contribution in [3.63, 3.8) is 0 Å². The molecular formula is C9H9BrO. The summed E-state index contributed by atoms with van der Waals surface area (Å²) in [6.07, 6.45) is 0. The molecule has 1 aromatic carbocycles. The summed E-state index contributed by atoms with van der Waals surface area (Å²) in [6.45, 7) is 3.96. The standard InChI is InChI=1S/C9H9BrO/c1-6-3-7(2)5-8(4-6)9(10)11/h3-5H,1-2H3. The van der Waals surface area contributed by atoms with Crippen molar-refractivity contribution < 1.29 is 4.79 Å². The van der Waals surface area contributed by atoms with E-state index in [1.54, 1.807) is 0 Å². The highest BCUT2D eigenvalue weighted by Gasteiger charge is 2.00. The van der Waals surface area contributed by atoms with Crippen molar-refractivity contribution in [1.29, 1.82) is 0 Å². The second-order valence-electron chi connectivity index (χ2n) is 2.65. The Morgan fingerprint density at radius 3 is 2.00 bits per heavy atom. The Bertz CT molecular complexity index is 271. The maximum absolute atomic E-state index is 10.9. The molecule has 0 radical (unpaired) electrons. The lowest BCUT2D eigenvalue weighted by molar-refractivity contribution is 0.109. The molecule has 0 unspecified atom stereocenters. The van der Waals surface area contributed by atoms with Gasteiger partial charge in [0.25, 0.3) is 0 Å². The van der Waals surface area contributed by atoms with Crippen LogP contribution in [0.1, 0.15) is 21.5 Å². The quantitative estimate of drug-likeness (QED) is 0.655. The SMILES string of the molecule is Cc1cc(C)cc(C(=O)Br)c1. The van der Waals surface area contributed by atoms with Crippen LogP contribution in [0.3, 0.4) is 0 Å². The Morgan fingerprint density at radius 1 is 1.18 bits per heavy atom. The van der Waals surface area contributed by atoms with Gasteiger partial charge in [0.2, 0.25) is 4.69 Å². The van der Waals surface area contributed by atoms with Gasteiger partial charge in [0, 0.05) is 5.56 Å². The van der Waals surface area contributed by atoms with Gasteiger partial charge >= 0.3 is 0 Å². The van der Waals surface area contributed by atoms with E-state index in [2.05, 4.69) is 15.9 Å². The Labute approximate surface area is 74.6 Å². The molecule has 11 heavy (non-hydrogen) atoms. The molecule has 0 heterocycles. The molecule has 2 heteroatoms. The second-order valence-corrected chi connectivity index (χ2v) is 3.37. The van der Waals surface area contributed by atoms with Crippen molar-refractivity contribution in [2.45, 2.75) is 13.8 Å². The molecule has 0 aliphatic rings. The van der Waals surface area contributed by atoms with Crippen LogP contribution >= 0.6 is 15.9 Å². The van der Waals surface area contributed by atoms with Crippen LogP contribution in [0.15, 0.2) is 18.2 Å². The van der Waals surface area contributed by atoms with E-state index in [1.165, 1.54) is 0 Å². The highest BCUT2D eigenvalue weighted by atomic mass is 79.9. The third kappa shape index (κ3) is 2.15. The molecule has 0 aliphatic heterocycles. The Balaban J connectivity index is 3.19. The minimum atomic E-state index is -0.0516. The van der Waals surface area contributed by atoms with Crippen LogP contribution in [-0.4, -0.2) is 4.69 Å². The van der Waals surface area contributed by atoms with Gasteiger partial charge in [0.05, 0.1) is 0 Å². The zero-order valence-corrected chi connectivity index (χ0v) is 8.10. The van der Waals surface area contributed by atoms with Crippen molar-refractivity contribution in [2.75, 3.05) is 0 Å². The van der Waals surface area contributed by atoms with Gasteiger partial charge in [-0.15, -0.1) is 0 Å². The monoisotopic (exact) mass is 212 g/mol. The summed E-state index contributed by atoms with van der Waals surface area (Å²) in [5.74, 6) is 0. The Hall–Kier alpha value is -0.630. The fourth-order valence-corrected chi connectivity index (χ4v) is 1.32. The first-order valence-corrected chi connectivity index (χ1v) is 4.17. The molecule has 0 spiro atoms. The predicted octanol–water partition coefficient (Wildman–Crippen LogP) is 2.84. The van der Waals surface area contributed by atoms with Gasteiger partial charge in [-0.3, -0.25) is 4.79 Å². The van der Waals surface area contributed by atoms with Gasteiger partial charge in [-0.25, -0.2) is 0 Å². The third-order valence-electron chi connectivity index (χ3n) is 1.45. The van der Waals surface area contributed by atoms with Crippen molar-refractivity contribution >= 4 is 20.6 Å². The average Bonchev–Trinajstić information content (AvgIpc) is 1.85. The molecule has 0 amide bonds. The van der Waals surface area contributed by atoms with Crippen LogP contribution < -0.4 is 0 Å². The van der Waals surface area contributed by atoms with E-state index in [9.17, 15) is 4.79 Å². The van der Waals surface area contributed by atoms with Crippen molar-refractivity contribution in [1.82, 2.24) is 0 Å². The normalized spacial score (nSPS) is 9.73. The first kappa shape index (κ1) is 8.47. The van der Waals surface area contributed by atoms with Crippen LogP contribution in [0, 0.1) is 13.8 Å². The summed E-state index contributed by atoms with van der Waals surface area (Å²) >= 11 is 2.91. The predicted molar refractivity (Wildman–Crippen MR) is 49.2 cm³/mol. The topological polar surface area (TPSA) is 17.1 Å². The number of carbonyl (C=O) groups excluding carboxylic acids is 1. The molecule has 1 nitrogen and oxygen atoms in total. The lowest BCUT2D eigenvalue weighted by atomic mass is 10.1. The van der Waals surface area contributed by atoms with Crippen LogP contribution in [0.2, 0.25) is 0 Å². The first-order chi connectivity index (χ1) is 5.09. The van der Waals surface area contributed by atoms with E-state index in [4.69, 9.17) is 0 Å². The Kier molecular flexibility index (Phi) is 2.45. The molecule has 0 N–H and O–H groups in total. The number of hydrogen-bond donors (Lipinski definition) is 0. The smallest absolute Gasteiger partial charge is 0.228 e. The van der Waals surface area contributed by atoms with Gasteiger partial charge in [-0.05, 0) is 41.9 Å². The molecule has 58 valence electrons. The number of rotatable bonds is 1. The van der Waals surface area contributed by atoms with Crippen LogP contribution in [0.5, 0.6) is 0 Å². The zero-order chi connectivity index (χ0) is 8.43. The molecule has 0 bridgehead atoms. The van der Waals surface area contributed by atoms with Crippen molar-refractivity contribution in [3.8, 4) is 0 Å². The zero-order valence-electron chi connectivity index (χ0n) is 6.52. The van der Waals surface area contributed by atoms with Crippen LogP contribution in [0.25, 0.3) is 0 Å². The van der Waals surface area contributed by atoms with E-state index in [0.717, 1.165) is 16.7 Å². The molecule has 0 aromatic heterocycles. The lowest BCUT2D eigenvalue weighted by Gasteiger charge is -1.98. The van der Waals surface area contributed by atoms with E-state index in [1.807, 2.05) is 32.0 Å². The molecular weight excluding hydrogens is 204 g/mol. The number of benzene rings is 1. The van der Waals surface area contributed by atoms with Crippen molar-refractivity contribution in [3.05, 3.63) is 34.9 Å². The fourth-order valence-electron chi connectivity index (χ4n) is 1.09. The average molecular weight is 213 g/mol. The van der Waals surface area contributed by atoms with Gasteiger partial charge in [0.1, 0.15) is 0 Å². The first-order valence-electron chi connectivity index (χ1n) is 3.38. The van der Waals surface area contributed by atoms with Gasteiger partial charge in [-0.1, -0.05) is 17.2 Å².